The SMILES string of the molecule is CCNC1CC(c2ccc(Cl)c(Cl)c2)Oc2ccccc21. The largest absolute Gasteiger partial charge is 0.485 e. The molecule has 1 N–H and O–H groups in total. The second-order valence-corrected chi connectivity index (χ2v) is 5.98. The van der Waals surface area contributed by atoms with Gasteiger partial charge in [-0.15, -0.1) is 0 Å². The van der Waals surface area contributed by atoms with Crippen LogP contribution in [0.2, 0.25) is 10.0 Å². The van der Waals surface area contributed by atoms with Crippen LogP contribution in [0.4, 0.5) is 0 Å². The van der Waals surface area contributed by atoms with Crippen molar-refractivity contribution in [1.82, 2.24) is 5.32 Å². The first-order chi connectivity index (χ1) is 10.2. The van der Waals surface area contributed by atoms with E-state index in [2.05, 4.69) is 18.3 Å². The molecule has 0 fully saturated rings. The maximum absolute atomic E-state index is 6.15. The molecule has 0 aliphatic carbocycles. The molecule has 2 atom stereocenters. The first-order valence-corrected chi connectivity index (χ1v) is 7.88. The smallest absolute Gasteiger partial charge is 0.126 e. The van der Waals surface area contributed by atoms with E-state index >= 15 is 0 Å². The molecule has 4 heteroatoms. The third-order valence-corrected chi connectivity index (χ3v) is 4.52. The summed E-state index contributed by atoms with van der Waals surface area (Å²) in [6.45, 7) is 3.04. The summed E-state index contributed by atoms with van der Waals surface area (Å²) >= 11 is 12.1. The Morgan fingerprint density at radius 2 is 1.95 bits per heavy atom. The van der Waals surface area contributed by atoms with Gasteiger partial charge in [0.05, 0.1) is 10.0 Å². The van der Waals surface area contributed by atoms with Crippen molar-refractivity contribution in [2.45, 2.75) is 25.5 Å². The number of nitrogens with one attached hydrogen (secondary N) is 1. The Bertz CT molecular complexity index is 644. The van der Waals surface area contributed by atoms with E-state index < -0.39 is 0 Å². The quantitative estimate of drug-likeness (QED) is 0.842. The summed E-state index contributed by atoms with van der Waals surface area (Å²) in [6, 6.07) is 14.2. The molecule has 3 rings (SSSR count). The normalized spacial score (nSPS) is 20.7. The van der Waals surface area contributed by atoms with E-state index in [1.165, 1.54) is 5.56 Å². The highest BCUT2D eigenvalue weighted by Crippen LogP contribution is 2.41. The number of hydrogen-bond donors (Lipinski definition) is 1. The summed E-state index contributed by atoms with van der Waals surface area (Å²) in [5.74, 6) is 0.936. The van der Waals surface area contributed by atoms with Crippen molar-refractivity contribution >= 4 is 23.2 Å². The highest BCUT2D eigenvalue weighted by atomic mass is 35.5. The van der Waals surface area contributed by atoms with Gasteiger partial charge in [-0.05, 0) is 30.3 Å². The Morgan fingerprint density at radius 1 is 1.14 bits per heavy atom. The zero-order chi connectivity index (χ0) is 14.8. The number of para-hydroxylation sites is 1. The number of hydrogen-bond acceptors (Lipinski definition) is 2. The van der Waals surface area contributed by atoms with Gasteiger partial charge in [0, 0.05) is 18.0 Å². The van der Waals surface area contributed by atoms with Crippen molar-refractivity contribution in [2.24, 2.45) is 0 Å². The van der Waals surface area contributed by atoms with Crippen LogP contribution in [0.5, 0.6) is 5.75 Å². The minimum atomic E-state index is -0.0151. The van der Waals surface area contributed by atoms with Crippen LogP contribution >= 0.6 is 23.2 Å². The van der Waals surface area contributed by atoms with Crippen LogP contribution in [0.1, 0.15) is 36.6 Å². The van der Waals surface area contributed by atoms with Gasteiger partial charge in [0.25, 0.3) is 0 Å². The van der Waals surface area contributed by atoms with Crippen LogP contribution in [0.3, 0.4) is 0 Å². The molecular formula is C17H17Cl2NO. The molecule has 2 aromatic rings. The fourth-order valence-electron chi connectivity index (χ4n) is 2.77. The lowest BCUT2D eigenvalue weighted by molar-refractivity contribution is 0.152. The van der Waals surface area contributed by atoms with Gasteiger partial charge >= 0.3 is 0 Å². The van der Waals surface area contributed by atoms with Crippen molar-refractivity contribution in [3.05, 3.63) is 63.6 Å². The lowest BCUT2D eigenvalue weighted by Gasteiger charge is -2.33. The first-order valence-electron chi connectivity index (χ1n) is 7.13. The van der Waals surface area contributed by atoms with Crippen LogP contribution in [0.15, 0.2) is 42.5 Å². The number of rotatable bonds is 3. The van der Waals surface area contributed by atoms with Crippen molar-refractivity contribution in [3.8, 4) is 5.75 Å². The number of halogens is 2. The van der Waals surface area contributed by atoms with Gasteiger partial charge in [0.2, 0.25) is 0 Å². The molecule has 2 unspecified atom stereocenters. The summed E-state index contributed by atoms with van der Waals surface area (Å²) in [5.41, 5.74) is 2.28. The van der Waals surface area contributed by atoms with Crippen molar-refractivity contribution < 1.29 is 4.74 Å². The van der Waals surface area contributed by atoms with Crippen LogP contribution in [0.25, 0.3) is 0 Å². The molecule has 0 radical (unpaired) electrons. The highest BCUT2D eigenvalue weighted by molar-refractivity contribution is 6.42. The summed E-state index contributed by atoms with van der Waals surface area (Å²) in [5, 5.41) is 4.66. The molecule has 0 bridgehead atoms. The zero-order valence-corrected chi connectivity index (χ0v) is 13.3. The second kappa shape index (κ2) is 6.27. The predicted molar refractivity (Wildman–Crippen MR) is 87.3 cm³/mol. The third kappa shape index (κ3) is 3.03. The van der Waals surface area contributed by atoms with Gasteiger partial charge in [-0.3, -0.25) is 0 Å². The third-order valence-electron chi connectivity index (χ3n) is 3.78. The highest BCUT2D eigenvalue weighted by Gasteiger charge is 2.28. The standard InChI is InChI=1S/C17H17Cl2NO/c1-2-20-15-10-17(11-7-8-13(18)14(19)9-11)21-16-6-4-3-5-12(15)16/h3-9,15,17,20H,2,10H2,1H3. The molecule has 1 aliphatic rings. The summed E-state index contributed by atoms with van der Waals surface area (Å²) in [4.78, 5) is 0. The fourth-order valence-corrected chi connectivity index (χ4v) is 3.08. The Hall–Kier alpha value is -1.22. The Morgan fingerprint density at radius 3 is 2.71 bits per heavy atom. The van der Waals surface area contributed by atoms with E-state index in [-0.39, 0.29) is 6.10 Å². The van der Waals surface area contributed by atoms with Crippen molar-refractivity contribution in [2.75, 3.05) is 6.54 Å². The molecule has 0 spiro atoms. The van der Waals surface area contributed by atoms with E-state index in [4.69, 9.17) is 27.9 Å². The number of ether oxygens (including phenoxy) is 1. The number of fused-ring (bicyclic) bond motifs is 1. The topological polar surface area (TPSA) is 21.3 Å². The Kier molecular flexibility index (Phi) is 4.39. The van der Waals surface area contributed by atoms with E-state index in [0.717, 1.165) is 24.3 Å². The van der Waals surface area contributed by atoms with E-state index in [9.17, 15) is 0 Å². The maximum atomic E-state index is 6.15. The van der Waals surface area contributed by atoms with Gasteiger partial charge in [-0.2, -0.15) is 0 Å². The van der Waals surface area contributed by atoms with E-state index in [1.54, 1.807) is 0 Å². The lowest BCUT2D eigenvalue weighted by atomic mass is 9.93. The van der Waals surface area contributed by atoms with Gasteiger partial charge < -0.3 is 10.1 Å². The number of benzene rings is 2. The van der Waals surface area contributed by atoms with Crippen LogP contribution in [0, 0.1) is 0 Å². The van der Waals surface area contributed by atoms with E-state index in [0.29, 0.717) is 16.1 Å². The fraction of sp³-hybridized carbons (Fsp3) is 0.294. The van der Waals surface area contributed by atoms with Crippen molar-refractivity contribution in [1.29, 1.82) is 0 Å². The van der Waals surface area contributed by atoms with Gasteiger partial charge in [0.15, 0.2) is 0 Å². The van der Waals surface area contributed by atoms with Gasteiger partial charge in [-0.25, -0.2) is 0 Å². The molecular weight excluding hydrogens is 305 g/mol. The Balaban J connectivity index is 1.93. The molecule has 21 heavy (non-hydrogen) atoms. The van der Waals surface area contributed by atoms with Gasteiger partial charge in [-0.1, -0.05) is 54.4 Å². The molecule has 2 aromatic carbocycles. The molecule has 110 valence electrons. The molecule has 0 saturated heterocycles. The molecule has 1 aliphatic heterocycles. The molecule has 0 aromatic heterocycles. The minimum absolute atomic E-state index is 0.0151. The summed E-state index contributed by atoms with van der Waals surface area (Å²) < 4.78 is 6.15. The lowest BCUT2D eigenvalue weighted by Crippen LogP contribution is -2.28. The van der Waals surface area contributed by atoms with Crippen LogP contribution < -0.4 is 10.1 Å². The monoisotopic (exact) mass is 321 g/mol. The van der Waals surface area contributed by atoms with Crippen molar-refractivity contribution in [3.63, 3.8) is 0 Å². The van der Waals surface area contributed by atoms with E-state index in [1.807, 2.05) is 36.4 Å². The maximum Gasteiger partial charge on any atom is 0.126 e. The molecule has 0 amide bonds. The predicted octanol–water partition coefficient (Wildman–Crippen LogP) is 5.17. The van der Waals surface area contributed by atoms with Crippen LogP contribution in [-0.4, -0.2) is 6.54 Å². The first kappa shape index (κ1) is 14.7. The molecule has 2 nitrogen and oxygen atoms in total. The van der Waals surface area contributed by atoms with Crippen LogP contribution in [-0.2, 0) is 0 Å². The Labute approximate surface area is 135 Å². The minimum Gasteiger partial charge on any atom is -0.485 e. The van der Waals surface area contributed by atoms with Gasteiger partial charge in [0.1, 0.15) is 11.9 Å². The average Bonchev–Trinajstić information content (AvgIpc) is 2.50. The molecule has 1 heterocycles. The average molecular weight is 322 g/mol. The second-order valence-electron chi connectivity index (χ2n) is 5.16. The molecule has 0 saturated carbocycles. The zero-order valence-electron chi connectivity index (χ0n) is 11.8. The summed E-state index contributed by atoms with van der Waals surface area (Å²) in [6.07, 6.45) is 0.863. The summed E-state index contributed by atoms with van der Waals surface area (Å²) in [7, 11) is 0.